The number of hydrogen-bond acceptors (Lipinski definition) is 5. The van der Waals surface area contributed by atoms with Crippen LogP contribution in [0.4, 0.5) is 5.13 Å². The van der Waals surface area contributed by atoms with Crippen molar-refractivity contribution in [1.29, 1.82) is 0 Å². The lowest BCUT2D eigenvalue weighted by Gasteiger charge is -2.26. The van der Waals surface area contributed by atoms with Gasteiger partial charge in [-0.3, -0.25) is 0 Å². The van der Waals surface area contributed by atoms with Crippen molar-refractivity contribution in [3.63, 3.8) is 0 Å². The molecule has 0 radical (unpaired) electrons. The van der Waals surface area contributed by atoms with Crippen molar-refractivity contribution >= 4 is 22.4 Å². The molecule has 0 aliphatic heterocycles. The molecule has 0 aromatic carbocycles. The molecule has 17 heavy (non-hydrogen) atoms. The monoisotopic (exact) mass is 258 g/mol. The fourth-order valence-electron chi connectivity index (χ4n) is 1.67. The maximum absolute atomic E-state index is 11.0. The van der Waals surface area contributed by atoms with Crippen LogP contribution in [0.25, 0.3) is 0 Å². The van der Waals surface area contributed by atoms with Crippen molar-refractivity contribution in [2.75, 3.05) is 25.2 Å². The van der Waals surface area contributed by atoms with Crippen molar-refractivity contribution in [2.45, 2.75) is 26.8 Å². The van der Waals surface area contributed by atoms with Crippen molar-refractivity contribution < 1.29 is 14.6 Å². The molecular weight excluding hydrogens is 240 g/mol. The van der Waals surface area contributed by atoms with Crippen LogP contribution in [-0.4, -0.2) is 42.4 Å². The molecule has 6 heteroatoms. The summed E-state index contributed by atoms with van der Waals surface area (Å²) in [6, 6.07) is 0.178. The normalized spacial score (nSPS) is 12.5. The fraction of sp³-hybridized carbons (Fsp3) is 0.636. The van der Waals surface area contributed by atoms with Crippen LogP contribution in [0.5, 0.6) is 0 Å². The molecule has 0 saturated heterocycles. The van der Waals surface area contributed by atoms with E-state index in [0.29, 0.717) is 17.2 Å². The zero-order valence-electron chi connectivity index (χ0n) is 10.6. The van der Waals surface area contributed by atoms with E-state index in [1.165, 1.54) is 11.3 Å². The zero-order valence-corrected chi connectivity index (χ0v) is 11.4. The minimum atomic E-state index is -0.915. The second-order valence-electron chi connectivity index (χ2n) is 3.81. The van der Waals surface area contributed by atoms with Crippen LogP contribution in [0.1, 0.15) is 29.2 Å². The van der Waals surface area contributed by atoms with Gasteiger partial charge in [0.25, 0.3) is 0 Å². The van der Waals surface area contributed by atoms with Crippen molar-refractivity contribution in [3.05, 3.63) is 10.6 Å². The van der Waals surface area contributed by atoms with E-state index in [2.05, 4.69) is 4.98 Å². The lowest BCUT2D eigenvalue weighted by Crippen LogP contribution is -2.36. The maximum atomic E-state index is 11.0. The molecule has 1 rings (SSSR count). The summed E-state index contributed by atoms with van der Waals surface area (Å²) in [5.74, 6) is -0.915. The molecule has 1 N–H and O–H groups in total. The third-order valence-corrected chi connectivity index (χ3v) is 3.69. The van der Waals surface area contributed by atoms with Crippen LogP contribution in [0.3, 0.4) is 0 Å². The molecule has 1 heterocycles. The topological polar surface area (TPSA) is 62.7 Å². The molecule has 0 fully saturated rings. The van der Waals surface area contributed by atoms with Crippen molar-refractivity contribution in [3.8, 4) is 0 Å². The number of aromatic carboxylic acids is 1. The SMILES string of the molecule is CCN(c1nc(C)c(C(=O)O)s1)C(C)COC. The summed E-state index contributed by atoms with van der Waals surface area (Å²) in [7, 11) is 1.65. The lowest BCUT2D eigenvalue weighted by atomic mass is 10.3. The Morgan fingerprint density at radius 1 is 1.65 bits per heavy atom. The van der Waals surface area contributed by atoms with E-state index in [0.717, 1.165) is 11.7 Å². The van der Waals surface area contributed by atoms with Crippen LogP contribution in [-0.2, 0) is 4.74 Å². The van der Waals surface area contributed by atoms with E-state index in [-0.39, 0.29) is 6.04 Å². The molecule has 1 aromatic rings. The molecule has 0 bridgehead atoms. The largest absolute Gasteiger partial charge is 0.477 e. The Balaban J connectivity index is 2.96. The number of ether oxygens (including phenoxy) is 1. The van der Waals surface area contributed by atoms with E-state index < -0.39 is 5.97 Å². The number of anilines is 1. The molecule has 0 spiro atoms. The highest BCUT2D eigenvalue weighted by molar-refractivity contribution is 7.17. The molecule has 5 nitrogen and oxygen atoms in total. The van der Waals surface area contributed by atoms with Crippen LogP contribution >= 0.6 is 11.3 Å². The Kier molecular flexibility index (Phi) is 4.89. The number of methoxy groups -OCH3 is 1. The van der Waals surface area contributed by atoms with Crippen molar-refractivity contribution in [1.82, 2.24) is 4.98 Å². The second-order valence-corrected chi connectivity index (χ2v) is 4.78. The summed E-state index contributed by atoms with van der Waals surface area (Å²) in [4.78, 5) is 17.6. The average Bonchev–Trinajstić information content (AvgIpc) is 2.62. The van der Waals surface area contributed by atoms with Crippen LogP contribution < -0.4 is 4.90 Å². The number of rotatable bonds is 6. The minimum absolute atomic E-state index is 0.178. The Hall–Kier alpha value is -1.14. The Morgan fingerprint density at radius 2 is 2.29 bits per heavy atom. The van der Waals surface area contributed by atoms with Gasteiger partial charge in [-0.25, -0.2) is 9.78 Å². The third kappa shape index (κ3) is 3.17. The summed E-state index contributed by atoms with van der Waals surface area (Å²) in [6.45, 7) is 7.14. The number of aromatic nitrogens is 1. The quantitative estimate of drug-likeness (QED) is 0.845. The van der Waals surface area contributed by atoms with Gasteiger partial charge in [0.05, 0.1) is 18.3 Å². The van der Waals surface area contributed by atoms with Gasteiger partial charge in [-0.1, -0.05) is 11.3 Å². The highest BCUT2D eigenvalue weighted by atomic mass is 32.1. The first kappa shape index (κ1) is 13.9. The van der Waals surface area contributed by atoms with Crippen LogP contribution in [0.2, 0.25) is 0 Å². The maximum Gasteiger partial charge on any atom is 0.347 e. The molecule has 0 aliphatic rings. The van der Waals surface area contributed by atoms with Gasteiger partial charge in [0.15, 0.2) is 5.13 Å². The van der Waals surface area contributed by atoms with Crippen molar-refractivity contribution in [2.24, 2.45) is 0 Å². The van der Waals surface area contributed by atoms with Gasteiger partial charge < -0.3 is 14.7 Å². The highest BCUT2D eigenvalue weighted by Gasteiger charge is 2.20. The van der Waals surface area contributed by atoms with Gasteiger partial charge in [0, 0.05) is 13.7 Å². The average molecular weight is 258 g/mol. The number of carboxylic acid groups (broad SMARTS) is 1. The van der Waals surface area contributed by atoms with Crippen LogP contribution in [0, 0.1) is 6.92 Å². The molecule has 0 saturated carbocycles. The van der Waals surface area contributed by atoms with Gasteiger partial charge in [0.2, 0.25) is 0 Å². The number of thiazole rings is 1. The predicted molar refractivity (Wildman–Crippen MR) is 68.2 cm³/mol. The van der Waals surface area contributed by atoms with Gasteiger partial charge in [-0.15, -0.1) is 0 Å². The van der Waals surface area contributed by atoms with E-state index in [1.807, 2.05) is 18.7 Å². The number of nitrogens with zero attached hydrogens (tertiary/aromatic N) is 2. The summed E-state index contributed by atoms with van der Waals surface area (Å²) >= 11 is 1.21. The smallest absolute Gasteiger partial charge is 0.347 e. The molecule has 0 aliphatic carbocycles. The first-order valence-corrected chi connectivity index (χ1v) is 6.29. The molecule has 1 atom stereocenters. The standard InChI is InChI=1S/C11H18N2O3S/c1-5-13(7(2)6-16-4)11-12-8(3)9(17-11)10(14)15/h7H,5-6H2,1-4H3,(H,14,15). The molecule has 0 amide bonds. The Labute approximate surface area is 105 Å². The summed E-state index contributed by atoms with van der Waals surface area (Å²) in [5.41, 5.74) is 0.570. The molecule has 1 unspecified atom stereocenters. The van der Waals surface area contributed by atoms with Gasteiger partial charge in [0.1, 0.15) is 4.88 Å². The lowest BCUT2D eigenvalue weighted by molar-refractivity contribution is 0.0701. The minimum Gasteiger partial charge on any atom is -0.477 e. The van der Waals surface area contributed by atoms with Gasteiger partial charge >= 0.3 is 5.97 Å². The first-order chi connectivity index (χ1) is 8.01. The second kappa shape index (κ2) is 5.97. The number of carboxylic acids is 1. The molecule has 96 valence electrons. The van der Waals surface area contributed by atoms with Gasteiger partial charge in [-0.2, -0.15) is 0 Å². The predicted octanol–water partition coefficient (Wildman–Crippen LogP) is 2.01. The van der Waals surface area contributed by atoms with E-state index >= 15 is 0 Å². The summed E-state index contributed by atoms with van der Waals surface area (Å²) in [5, 5.41) is 9.75. The summed E-state index contributed by atoms with van der Waals surface area (Å²) < 4.78 is 5.11. The van der Waals surface area contributed by atoms with Crippen LogP contribution in [0.15, 0.2) is 0 Å². The van der Waals surface area contributed by atoms with Gasteiger partial charge in [-0.05, 0) is 20.8 Å². The fourth-order valence-corrected chi connectivity index (χ4v) is 2.74. The molecule has 1 aromatic heterocycles. The summed E-state index contributed by atoms with van der Waals surface area (Å²) in [6.07, 6.45) is 0. The third-order valence-electron chi connectivity index (χ3n) is 2.51. The Bertz CT molecular complexity index is 392. The number of aryl methyl sites for hydroxylation is 1. The highest BCUT2D eigenvalue weighted by Crippen LogP contribution is 2.27. The number of likely N-dealkylation sites (N-methyl/N-ethyl adjacent to an activating group) is 1. The van der Waals surface area contributed by atoms with E-state index in [1.54, 1.807) is 14.0 Å². The van der Waals surface area contributed by atoms with E-state index in [9.17, 15) is 4.79 Å². The number of carbonyl (C=O) groups is 1. The first-order valence-electron chi connectivity index (χ1n) is 5.47. The molecular formula is C11H18N2O3S. The van der Waals surface area contributed by atoms with E-state index in [4.69, 9.17) is 9.84 Å². The zero-order chi connectivity index (χ0) is 13.0. The Morgan fingerprint density at radius 3 is 2.71 bits per heavy atom. The number of hydrogen-bond donors (Lipinski definition) is 1.